The van der Waals surface area contributed by atoms with Crippen molar-refractivity contribution in [3.63, 3.8) is 0 Å². The number of hydrogen-bond acceptors (Lipinski definition) is 5. The standard InChI is InChI=1S/C20H20O5S/c1-2-23-13-14-24-18-9-11-20(12-10-18)26(21,22)25-19-8-7-16-5-3-4-6-17(16)15-19/h3-12,15H,2,13-14H2,1H3. The maximum atomic E-state index is 12.5. The van der Waals surface area contributed by atoms with E-state index in [9.17, 15) is 8.42 Å². The van der Waals surface area contributed by atoms with Gasteiger partial charge in [0.15, 0.2) is 0 Å². The van der Waals surface area contributed by atoms with E-state index in [4.69, 9.17) is 13.7 Å². The second-order valence-corrected chi connectivity index (χ2v) is 7.11. The second-order valence-electron chi connectivity index (χ2n) is 5.56. The van der Waals surface area contributed by atoms with Crippen LogP contribution in [-0.4, -0.2) is 28.2 Å². The van der Waals surface area contributed by atoms with Gasteiger partial charge < -0.3 is 13.7 Å². The molecule has 0 spiro atoms. The lowest BCUT2D eigenvalue weighted by atomic mass is 10.1. The largest absolute Gasteiger partial charge is 0.491 e. The summed E-state index contributed by atoms with van der Waals surface area (Å²) in [5.41, 5.74) is 0. The minimum atomic E-state index is -3.91. The highest BCUT2D eigenvalue weighted by Crippen LogP contribution is 2.24. The third-order valence-corrected chi connectivity index (χ3v) is 5.00. The van der Waals surface area contributed by atoms with E-state index < -0.39 is 10.1 Å². The van der Waals surface area contributed by atoms with Crippen LogP contribution in [0.3, 0.4) is 0 Å². The summed E-state index contributed by atoms with van der Waals surface area (Å²) in [6, 6.07) is 19.0. The topological polar surface area (TPSA) is 61.8 Å². The van der Waals surface area contributed by atoms with Crippen molar-refractivity contribution in [2.24, 2.45) is 0 Å². The SMILES string of the molecule is CCOCCOc1ccc(S(=O)(=O)Oc2ccc3ccccc3c2)cc1. The quantitative estimate of drug-likeness (QED) is 0.441. The van der Waals surface area contributed by atoms with Gasteiger partial charge in [-0.3, -0.25) is 0 Å². The first-order valence-corrected chi connectivity index (χ1v) is 9.73. The molecular formula is C20H20O5S. The molecule has 0 atom stereocenters. The van der Waals surface area contributed by atoms with Gasteiger partial charge in [0.2, 0.25) is 0 Å². The molecule has 0 unspecified atom stereocenters. The highest BCUT2D eigenvalue weighted by molar-refractivity contribution is 7.87. The van der Waals surface area contributed by atoms with Crippen LogP contribution in [0.4, 0.5) is 0 Å². The molecule has 0 heterocycles. The van der Waals surface area contributed by atoms with Gasteiger partial charge in [0.1, 0.15) is 23.0 Å². The van der Waals surface area contributed by atoms with Gasteiger partial charge in [-0.15, -0.1) is 0 Å². The van der Waals surface area contributed by atoms with Crippen molar-refractivity contribution in [2.45, 2.75) is 11.8 Å². The van der Waals surface area contributed by atoms with Crippen molar-refractivity contribution in [3.05, 3.63) is 66.7 Å². The molecule has 0 radical (unpaired) electrons. The van der Waals surface area contributed by atoms with E-state index in [1.54, 1.807) is 24.3 Å². The number of ether oxygens (including phenoxy) is 2. The van der Waals surface area contributed by atoms with Crippen molar-refractivity contribution < 1.29 is 22.1 Å². The molecule has 0 saturated carbocycles. The molecule has 26 heavy (non-hydrogen) atoms. The Balaban J connectivity index is 1.70. The van der Waals surface area contributed by atoms with Crippen LogP contribution < -0.4 is 8.92 Å². The average Bonchev–Trinajstić information content (AvgIpc) is 2.65. The molecule has 0 fully saturated rings. The summed E-state index contributed by atoms with van der Waals surface area (Å²) in [6.07, 6.45) is 0. The van der Waals surface area contributed by atoms with Gasteiger partial charge in [-0.25, -0.2) is 0 Å². The predicted molar refractivity (Wildman–Crippen MR) is 100 cm³/mol. The van der Waals surface area contributed by atoms with Gasteiger partial charge >= 0.3 is 10.1 Å². The Morgan fingerprint density at radius 2 is 1.50 bits per heavy atom. The lowest BCUT2D eigenvalue weighted by Crippen LogP contribution is -2.10. The zero-order valence-corrected chi connectivity index (χ0v) is 15.2. The Labute approximate surface area is 153 Å². The van der Waals surface area contributed by atoms with E-state index in [-0.39, 0.29) is 10.6 Å². The van der Waals surface area contributed by atoms with Gasteiger partial charge in [-0.2, -0.15) is 8.42 Å². The Hall–Kier alpha value is -2.57. The first-order valence-electron chi connectivity index (χ1n) is 8.32. The number of benzene rings is 3. The van der Waals surface area contributed by atoms with E-state index in [1.165, 1.54) is 12.1 Å². The predicted octanol–water partition coefficient (Wildman–Crippen LogP) is 4.02. The first kappa shape index (κ1) is 18.2. The van der Waals surface area contributed by atoms with Crippen LogP contribution in [0.1, 0.15) is 6.92 Å². The smallest absolute Gasteiger partial charge is 0.339 e. The highest BCUT2D eigenvalue weighted by atomic mass is 32.2. The number of fused-ring (bicyclic) bond motifs is 1. The van der Waals surface area contributed by atoms with Crippen LogP contribution in [0.2, 0.25) is 0 Å². The molecule has 0 bridgehead atoms. The van der Waals surface area contributed by atoms with E-state index in [1.807, 2.05) is 37.3 Å². The molecule has 3 rings (SSSR count). The monoisotopic (exact) mass is 372 g/mol. The van der Waals surface area contributed by atoms with Crippen LogP contribution in [0.25, 0.3) is 10.8 Å². The molecule has 3 aromatic rings. The third kappa shape index (κ3) is 4.53. The van der Waals surface area contributed by atoms with Gasteiger partial charge in [0.05, 0.1) is 6.61 Å². The Bertz CT molecular complexity index is 965. The first-order chi connectivity index (χ1) is 12.6. The summed E-state index contributed by atoms with van der Waals surface area (Å²) in [5, 5.41) is 1.93. The molecular weight excluding hydrogens is 352 g/mol. The zero-order chi connectivity index (χ0) is 18.4. The van der Waals surface area contributed by atoms with E-state index in [0.29, 0.717) is 25.6 Å². The maximum Gasteiger partial charge on any atom is 0.339 e. The molecule has 0 aliphatic carbocycles. The minimum Gasteiger partial charge on any atom is -0.491 e. The van der Waals surface area contributed by atoms with Crippen LogP contribution in [0.5, 0.6) is 11.5 Å². The molecule has 6 heteroatoms. The van der Waals surface area contributed by atoms with Crippen molar-refractivity contribution in [1.29, 1.82) is 0 Å². The van der Waals surface area contributed by atoms with Crippen molar-refractivity contribution >= 4 is 20.9 Å². The highest BCUT2D eigenvalue weighted by Gasteiger charge is 2.17. The summed E-state index contributed by atoms with van der Waals surface area (Å²) in [6.45, 7) is 3.44. The second kappa shape index (κ2) is 8.21. The third-order valence-electron chi connectivity index (χ3n) is 3.74. The summed E-state index contributed by atoms with van der Waals surface area (Å²) in [4.78, 5) is 0.0721. The number of hydrogen-bond donors (Lipinski definition) is 0. The fourth-order valence-corrected chi connectivity index (χ4v) is 3.38. The van der Waals surface area contributed by atoms with Crippen LogP contribution in [0.15, 0.2) is 71.6 Å². The van der Waals surface area contributed by atoms with Crippen molar-refractivity contribution in [3.8, 4) is 11.5 Å². The summed E-state index contributed by atoms with van der Waals surface area (Å²) in [7, 11) is -3.91. The molecule has 0 aliphatic rings. The molecule has 0 aliphatic heterocycles. The van der Waals surface area contributed by atoms with E-state index in [2.05, 4.69) is 0 Å². The molecule has 0 amide bonds. The van der Waals surface area contributed by atoms with Gasteiger partial charge in [-0.1, -0.05) is 30.3 Å². The fraction of sp³-hybridized carbons (Fsp3) is 0.200. The molecule has 3 aromatic carbocycles. The lowest BCUT2D eigenvalue weighted by Gasteiger charge is -2.09. The molecule has 136 valence electrons. The van der Waals surface area contributed by atoms with Crippen LogP contribution in [0, 0.1) is 0 Å². The van der Waals surface area contributed by atoms with Gasteiger partial charge in [0.25, 0.3) is 0 Å². The lowest BCUT2D eigenvalue weighted by molar-refractivity contribution is 0.110. The summed E-state index contributed by atoms with van der Waals surface area (Å²) < 4.78 is 40.9. The van der Waals surface area contributed by atoms with Crippen molar-refractivity contribution in [2.75, 3.05) is 19.8 Å². The van der Waals surface area contributed by atoms with Gasteiger partial charge in [-0.05, 0) is 54.1 Å². The Morgan fingerprint density at radius 3 is 2.23 bits per heavy atom. The fourth-order valence-electron chi connectivity index (χ4n) is 2.46. The van der Waals surface area contributed by atoms with Gasteiger partial charge in [0, 0.05) is 6.61 Å². The minimum absolute atomic E-state index is 0.0721. The van der Waals surface area contributed by atoms with Crippen molar-refractivity contribution in [1.82, 2.24) is 0 Å². The van der Waals surface area contributed by atoms with E-state index >= 15 is 0 Å². The normalized spacial score (nSPS) is 11.4. The Morgan fingerprint density at radius 1 is 0.808 bits per heavy atom. The molecule has 0 aromatic heterocycles. The zero-order valence-electron chi connectivity index (χ0n) is 14.4. The summed E-state index contributed by atoms with van der Waals surface area (Å²) in [5.74, 6) is 0.857. The maximum absolute atomic E-state index is 12.5. The van der Waals surface area contributed by atoms with E-state index in [0.717, 1.165) is 10.8 Å². The summed E-state index contributed by atoms with van der Waals surface area (Å²) >= 11 is 0. The number of rotatable bonds is 8. The molecule has 0 saturated heterocycles. The van der Waals surface area contributed by atoms with Crippen LogP contribution in [-0.2, 0) is 14.9 Å². The average molecular weight is 372 g/mol. The Kier molecular flexibility index (Phi) is 5.75. The molecule has 5 nitrogen and oxygen atoms in total. The van der Waals surface area contributed by atoms with Crippen LogP contribution >= 0.6 is 0 Å². The molecule has 0 N–H and O–H groups in total.